The number of methoxy groups -OCH3 is 2. The van der Waals surface area contributed by atoms with Gasteiger partial charge >= 0.3 is 0 Å². The lowest BCUT2D eigenvalue weighted by atomic mass is 9.56. The van der Waals surface area contributed by atoms with E-state index in [1.807, 2.05) is 6.08 Å². The van der Waals surface area contributed by atoms with E-state index in [0.29, 0.717) is 17.6 Å². The minimum Gasteiger partial charge on any atom is -0.508 e. The predicted molar refractivity (Wildman–Crippen MR) is 155 cm³/mol. The monoisotopic (exact) mass is 628 g/mol. The fourth-order valence-electron chi connectivity index (χ4n) is 7.46. The van der Waals surface area contributed by atoms with E-state index in [2.05, 4.69) is 0 Å². The first-order valence-corrected chi connectivity index (χ1v) is 14.6. The standard InChI is InChI=1S/C31H30Cl2N2O8/c1-34-28(40)30(32)14-20-18(25(31(30,33)29(34)41)24-21(42-2)12-17(37)13-22(24)43-3)8-9-19-23(20)27(39)35(26(19)38)11-10-15-4-6-16(36)7-5-15/h4-8,12-13,19-20,23,25,36-37H,9-11,14H2,1-3H3. The number of aromatic hydroxyl groups is 2. The highest BCUT2D eigenvalue weighted by molar-refractivity contribution is 6.53. The van der Waals surface area contributed by atoms with E-state index in [1.165, 1.54) is 38.3 Å². The van der Waals surface area contributed by atoms with Crippen LogP contribution in [0.5, 0.6) is 23.0 Å². The molecule has 6 unspecified atom stereocenters. The molecule has 1 saturated carbocycles. The van der Waals surface area contributed by atoms with Crippen molar-refractivity contribution in [2.75, 3.05) is 27.8 Å². The second-order valence-electron chi connectivity index (χ2n) is 11.5. The zero-order valence-corrected chi connectivity index (χ0v) is 25.2. The number of carbonyl (C=O) groups excluding carboxylic acids is 4. The Hall–Kier alpha value is -3.76. The number of rotatable bonds is 6. The minimum atomic E-state index is -2.02. The SMILES string of the molecule is COc1cc(O)cc(OC)c1C1C2=CCC3C(=O)N(CCc4ccc(O)cc4)C(=O)C3C2CC2(Cl)C(=O)N(C)C(=O)C12Cl. The first-order valence-electron chi connectivity index (χ1n) is 13.9. The van der Waals surface area contributed by atoms with E-state index in [4.69, 9.17) is 32.7 Å². The van der Waals surface area contributed by atoms with E-state index < -0.39 is 45.2 Å². The van der Waals surface area contributed by atoms with Gasteiger partial charge in [0.1, 0.15) is 23.0 Å². The second-order valence-corrected chi connectivity index (χ2v) is 12.7. The summed E-state index contributed by atoms with van der Waals surface area (Å²) in [5, 5.41) is 19.9. The molecule has 226 valence electrons. The lowest BCUT2D eigenvalue weighted by Gasteiger charge is -2.51. The minimum absolute atomic E-state index is 0.117. The molecule has 2 aromatic rings. The Morgan fingerprint density at radius 1 is 0.907 bits per heavy atom. The number of benzene rings is 2. The quantitative estimate of drug-likeness (QED) is 0.283. The zero-order valence-electron chi connectivity index (χ0n) is 23.7. The van der Waals surface area contributed by atoms with Crippen LogP contribution in [-0.4, -0.2) is 81.2 Å². The lowest BCUT2D eigenvalue weighted by Crippen LogP contribution is -2.60. The summed E-state index contributed by atoms with van der Waals surface area (Å²) in [6.45, 7) is 0.145. The fourth-order valence-corrected chi connectivity index (χ4v) is 8.46. The van der Waals surface area contributed by atoms with Gasteiger partial charge in [0.2, 0.25) is 11.8 Å². The molecule has 2 aromatic carbocycles. The van der Waals surface area contributed by atoms with Gasteiger partial charge in [-0.2, -0.15) is 0 Å². The van der Waals surface area contributed by atoms with Crippen molar-refractivity contribution in [3.8, 4) is 23.0 Å². The third kappa shape index (κ3) is 3.99. The van der Waals surface area contributed by atoms with Gasteiger partial charge in [0.05, 0.1) is 26.1 Å². The average molecular weight is 629 g/mol. The molecule has 10 nitrogen and oxygen atoms in total. The predicted octanol–water partition coefficient (Wildman–Crippen LogP) is 3.35. The van der Waals surface area contributed by atoms with Crippen molar-refractivity contribution in [3.63, 3.8) is 0 Å². The van der Waals surface area contributed by atoms with Crippen molar-refractivity contribution >= 4 is 46.8 Å². The molecule has 0 bridgehead atoms. The molecular formula is C31H30Cl2N2O8. The Morgan fingerprint density at radius 3 is 2.14 bits per heavy atom. The Bertz CT molecular complexity index is 1570. The largest absolute Gasteiger partial charge is 0.508 e. The van der Waals surface area contributed by atoms with Crippen LogP contribution in [0, 0.1) is 17.8 Å². The van der Waals surface area contributed by atoms with Gasteiger partial charge in [-0.1, -0.05) is 23.8 Å². The number of likely N-dealkylation sites (tertiary alicyclic amines) is 2. The summed E-state index contributed by atoms with van der Waals surface area (Å²) in [4.78, 5) is 53.3. The van der Waals surface area contributed by atoms with Crippen LogP contribution in [0.15, 0.2) is 48.0 Å². The van der Waals surface area contributed by atoms with Crippen LogP contribution in [-0.2, 0) is 25.6 Å². The Morgan fingerprint density at radius 2 is 1.53 bits per heavy atom. The van der Waals surface area contributed by atoms with E-state index >= 15 is 0 Å². The molecule has 6 atom stereocenters. The van der Waals surface area contributed by atoms with Crippen LogP contribution in [0.4, 0.5) is 0 Å². The summed E-state index contributed by atoms with van der Waals surface area (Å²) in [5.74, 6) is -5.10. The van der Waals surface area contributed by atoms with E-state index in [1.54, 1.807) is 24.3 Å². The molecule has 12 heteroatoms. The van der Waals surface area contributed by atoms with Gasteiger partial charge in [0.25, 0.3) is 11.8 Å². The molecule has 2 N–H and O–H groups in total. The van der Waals surface area contributed by atoms with Crippen LogP contribution in [0.25, 0.3) is 0 Å². The molecule has 0 radical (unpaired) electrons. The molecule has 3 fully saturated rings. The highest BCUT2D eigenvalue weighted by atomic mass is 35.5. The molecule has 2 aliphatic heterocycles. The van der Waals surface area contributed by atoms with E-state index in [-0.39, 0.29) is 54.2 Å². The number of phenolic OH excluding ortho intramolecular Hbond substituents is 2. The van der Waals surface area contributed by atoms with Crippen LogP contribution in [0.1, 0.15) is 29.9 Å². The highest BCUT2D eigenvalue weighted by Crippen LogP contribution is 2.67. The van der Waals surface area contributed by atoms with Gasteiger partial charge < -0.3 is 19.7 Å². The summed E-state index contributed by atoms with van der Waals surface area (Å²) < 4.78 is 11.2. The number of hydrogen-bond donors (Lipinski definition) is 2. The first kappa shape index (κ1) is 29.3. The molecular weight excluding hydrogens is 599 g/mol. The van der Waals surface area contributed by atoms with Crippen molar-refractivity contribution in [2.24, 2.45) is 17.8 Å². The number of phenols is 2. The zero-order chi connectivity index (χ0) is 31.0. The number of amides is 4. The number of hydrogen-bond acceptors (Lipinski definition) is 8. The van der Waals surface area contributed by atoms with Crippen molar-refractivity contribution in [3.05, 3.63) is 59.2 Å². The van der Waals surface area contributed by atoms with Crippen LogP contribution in [0.2, 0.25) is 0 Å². The van der Waals surface area contributed by atoms with E-state index in [0.717, 1.165) is 10.5 Å². The van der Waals surface area contributed by atoms with Gasteiger partial charge in [0.15, 0.2) is 9.75 Å². The third-order valence-electron chi connectivity index (χ3n) is 9.48. The normalized spacial score (nSPS) is 31.5. The Labute approximate surface area is 257 Å². The summed E-state index contributed by atoms with van der Waals surface area (Å²) in [6, 6.07) is 9.25. The van der Waals surface area contributed by atoms with Crippen LogP contribution in [0.3, 0.4) is 0 Å². The van der Waals surface area contributed by atoms with Crippen molar-refractivity contribution in [2.45, 2.75) is 34.9 Å². The maximum atomic E-state index is 14.0. The summed E-state index contributed by atoms with van der Waals surface area (Å²) in [5.41, 5.74) is 1.74. The van der Waals surface area contributed by atoms with Crippen LogP contribution < -0.4 is 9.47 Å². The number of allylic oxidation sites excluding steroid dienone is 2. The van der Waals surface area contributed by atoms with Crippen LogP contribution >= 0.6 is 23.2 Å². The number of halogens is 2. The molecule has 2 saturated heterocycles. The topological polar surface area (TPSA) is 134 Å². The molecule has 2 aliphatic carbocycles. The van der Waals surface area contributed by atoms with E-state index in [9.17, 15) is 29.4 Å². The Balaban J connectivity index is 1.46. The smallest absolute Gasteiger partial charge is 0.253 e. The molecule has 4 aliphatic rings. The second kappa shape index (κ2) is 10.2. The molecule has 4 amide bonds. The molecule has 0 aromatic heterocycles. The number of nitrogens with zero attached hydrogens (tertiary/aromatic N) is 2. The lowest BCUT2D eigenvalue weighted by molar-refractivity contribution is -0.141. The van der Waals surface area contributed by atoms with Gasteiger partial charge in [-0.05, 0) is 42.9 Å². The van der Waals surface area contributed by atoms with Gasteiger partial charge in [0, 0.05) is 37.2 Å². The van der Waals surface area contributed by atoms with Crippen molar-refractivity contribution in [1.82, 2.24) is 9.80 Å². The van der Waals surface area contributed by atoms with Crippen molar-refractivity contribution < 1.29 is 38.9 Å². The molecule has 0 spiro atoms. The van der Waals surface area contributed by atoms with Gasteiger partial charge in [-0.15, -0.1) is 23.2 Å². The highest BCUT2D eigenvalue weighted by Gasteiger charge is 2.76. The molecule has 2 heterocycles. The molecule has 43 heavy (non-hydrogen) atoms. The summed E-state index contributed by atoms with van der Waals surface area (Å²) in [7, 11) is 4.09. The maximum Gasteiger partial charge on any atom is 0.253 e. The first-order chi connectivity index (χ1) is 20.4. The number of fused-ring (bicyclic) bond motifs is 4. The average Bonchev–Trinajstić information content (AvgIpc) is 3.31. The number of ether oxygens (including phenoxy) is 2. The summed E-state index contributed by atoms with van der Waals surface area (Å²) in [6.07, 6.45) is 2.31. The van der Waals surface area contributed by atoms with Crippen molar-refractivity contribution in [1.29, 1.82) is 0 Å². The number of imide groups is 2. The molecule has 6 rings (SSSR count). The van der Waals surface area contributed by atoms with Gasteiger partial charge in [-0.3, -0.25) is 29.0 Å². The number of carbonyl (C=O) groups is 4. The number of alkyl halides is 2. The fraction of sp³-hybridized carbons (Fsp3) is 0.419. The third-order valence-corrected chi connectivity index (χ3v) is 10.9. The summed E-state index contributed by atoms with van der Waals surface area (Å²) >= 11 is 14.5. The Kier molecular flexibility index (Phi) is 6.93. The maximum absolute atomic E-state index is 14.0. The van der Waals surface area contributed by atoms with Gasteiger partial charge in [-0.25, -0.2) is 0 Å².